The first-order valence-electron chi connectivity index (χ1n) is 13.3. The van der Waals surface area contributed by atoms with Crippen LogP contribution in [-0.2, 0) is 20.0 Å². The summed E-state index contributed by atoms with van der Waals surface area (Å²) in [6.07, 6.45) is 17.2. The molecule has 1 unspecified atom stereocenters. The van der Waals surface area contributed by atoms with Gasteiger partial charge in [0.2, 0.25) is 0 Å². The average Bonchev–Trinajstić information content (AvgIpc) is 3.17. The second-order valence-electron chi connectivity index (χ2n) is 10.6. The van der Waals surface area contributed by atoms with E-state index in [4.69, 9.17) is 4.98 Å². The Balaban J connectivity index is 1.25. The Bertz CT molecular complexity index is 1390. The van der Waals surface area contributed by atoms with E-state index < -0.39 is 5.97 Å². The van der Waals surface area contributed by atoms with Gasteiger partial charge in [-0.15, -0.1) is 5.10 Å². The van der Waals surface area contributed by atoms with Crippen LogP contribution in [0.5, 0.6) is 0 Å². The first kappa shape index (κ1) is 23.6. The van der Waals surface area contributed by atoms with Gasteiger partial charge in [0.1, 0.15) is 11.4 Å². The lowest BCUT2D eigenvalue weighted by Gasteiger charge is -2.15. The van der Waals surface area contributed by atoms with Gasteiger partial charge < -0.3 is 9.67 Å². The minimum absolute atomic E-state index is 0.0498. The average molecular weight is 500 g/mol. The maximum atomic E-state index is 12.1. The van der Waals surface area contributed by atoms with Crippen LogP contribution in [0.2, 0.25) is 0 Å². The van der Waals surface area contributed by atoms with Crippen LogP contribution < -0.4 is 0 Å². The van der Waals surface area contributed by atoms with Crippen molar-refractivity contribution in [1.29, 1.82) is 0 Å². The first-order valence-corrected chi connectivity index (χ1v) is 13.3. The highest BCUT2D eigenvalue weighted by atomic mass is 16.4. The van der Waals surface area contributed by atoms with Gasteiger partial charge in [-0.05, 0) is 30.0 Å². The Morgan fingerprint density at radius 2 is 1.97 bits per heavy atom. The van der Waals surface area contributed by atoms with Gasteiger partial charge in [0.15, 0.2) is 0 Å². The summed E-state index contributed by atoms with van der Waals surface area (Å²) < 4.78 is 5.74. The van der Waals surface area contributed by atoms with Crippen LogP contribution in [0.15, 0.2) is 49.1 Å². The molecular weight excluding hydrogens is 466 g/mol. The number of carbonyl (C=O) groups is 1. The standard InChI is InChI=1S/C28H33N7O2/c1-33-18-25(31-32-33)22-15-23(22)27-24(28(36)37)16-30-35(27)21-10-6-9-20(13-21)17-34-12-11-29-26(34)14-19-7-4-2-3-5-8-19/h6,9-13,16,18-19,22-23H,2-5,7-8,14-15,17H2,1H3,(H,36,37)/t22-,23?/m1/s1. The number of aromatic carboxylic acids is 1. The third-order valence-corrected chi connectivity index (χ3v) is 7.93. The number of hydrogen-bond donors (Lipinski definition) is 1. The maximum absolute atomic E-state index is 12.1. The van der Waals surface area contributed by atoms with E-state index in [2.05, 4.69) is 38.3 Å². The van der Waals surface area contributed by atoms with Gasteiger partial charge in [-0.25, -0.2) is 14.5 Å². The predicted molar refractivity (Wildman–Crippen MR) is 138 cm³/mol. The lowest BCUT2D eigenvalue weighted by atomic mass is 9.96. The molecule has 0 saturated heterocycles. The van der Waals surface area contributed by atoms with Crippen molar-refractivity contribution in [1.82, 2.24) is 34.3 Å². The summed E-state index contributed by atoms with van der Waals surface area (Å²) in [6, 6.07) is 8.23. The molecule has 0 spiro atoms. The molecule has 1 aromatic carbocycles. The van der Waals surface area contributed by atoms with Crippen molar-refractivity contribution in [3.8, 4) is 5.69 Å². The molecule has 9 nitrogen and oxygen atoms in total. The SMILES string of the molecule is Cn1cc([C@@H]2CC2c2c(C(=O)O)cnn2-c2cccc(Cn3ccnc3CC3CCCCCC3)c2)nn1. The van der Waals surface area contributed by atoms with E-state index in [0.29, 0.717) is 0 Å². The number of carboxylic acid groups (broad SMARTS) is 1. The smallest absolute Gasteiger partial charge is 0.339 e. The summed E-state index contributed by atoms with van der Waals surface area (Å²) in [7, 11) is 1.84. The summed E-state index contributed by atoms with van der Waals surface area (Å²) >= 11 is 0. The predicted octanol–water partition coefficient (Wildman–Crippen LogP) is 4.73. The monoisotopic (exact) mass is 499 g/mol. The van der Waals surface area contributed by atoms with Crippen LogP contribution in [0.1, 0.15) is 89.9 Å². The number of imidazole rings is 1. The van der Waals surface area contributed by atoms with Gasteiger partial charge >= 0.3 is 5.97 Å². The minimum Gasteiger partial charge on any atom is -0.478 e. The van der Waals surface area contributed by atoms with E-state index in [1.165, 1.54) is 44.7 Å². The largest absolute Gasteiger partial charge is 0.478 e. The zero-order chi connectivity index (χ0) is 25.4. The lowest BCUT2D eigenvalue weighted by Crippen LogP contribution is -2.11. The van der Waals surface area contributed by atoms with Crippen LogP contribution in [0.4, 0.5) is 0 Å². The number of carboxylic acids is 1. The fourth-order valence-corrected chi connectivity index (χ4v) is 5.93. The van der Waals surface area contributed by atoms with E-state index in [-0.39, 0.29) is 17.4 Å². The number of rotatable bonds is 8. The second kappa shape index (κ2) is 9.95. The fraction of sp³-hybridized carbons (Fsp3) is 0.464. The molecule has 2 saturated carbocycles. The molecule has 2 aliphatic carbocycles. The molecule has 0 aliphatic heterocycles. The number of hydrogen-bond acceptors (Lipinski definition) is 5. The van der Waals surface area contributed by atoms with Crippen molar-refractivity contribution < 1.29 is 9.90 Å². The maximum Gasteiger partial charge on any atom is 0.339 e. The number of benzene rings is 1. The molecule has 0 bridgehead atoms. The summed E-state index contributed by atoms with van der Waals surface area (Å²) in [6.45, 7) is 0.726. The summed E-state index contributed by atoms with van der Waals surface area (Å²) in [5.41, 5.74) is 3.89. The second-order valence-corrected chi connectivity index (χ2v) is 10.6. The Morgan fingerprint density at radius 1 is 1.14 bits per heavy atom. The molecule has 3 aromatic heterocycles. The number of aromatic nitrogens is 7. The number of nitrogens with zero attached hydrogens (tertiary/aromatic N) is 7. The van der Waals surface area contributed by atoms with E-state index in [9.17, 15) is 9.90 Å². The minimum atomic E-state index is -0.955. The van der Waals surface area contributed by atoms with Gasteiger partial charge in [-0.1, -0.05) is 55.9 Å². The van der Waals surface area contributed by atoms with Crippen LogP contribution in [0, 0.1) is 5.92 Å². The van der Waals surface area contributed by atoms with Crippen LogP contribution in [0.25, 0.3) is 5.69 Å². The van der Waals surface area contributed by atoms with Gasteiger partial charge in [0.05, 0.1) is 23.3 Å². The molecule has 6 rings (SSSR count). The van der Waals surface area contributed by atoms with Crippen molar-refractivity contribution in [2.45, 2.75) is 69.7 Å². The Hall–Kier alpha value is -3.75. The molecule has 192 valence electrons. The highest BCUT2D eigenvalue weighted by Crippen LogP contribution is 2.55. The summed E-state index contributed by atoms with van der Waals surface area (Å²) in [5, 5.41) is 22.7. The van der Waals surface area contributed by atoms with Crippen LogP contribution in [-0.4, -0.2) is 45.4 Å². The molecule has 0 radical (unpaired) electrons. The molecular formula is C28H33N7O2. The molecule has 2 aliphatic rings. The van der Waals surface area contributed by atoms with Crippen molar-refractivity contribution in [3.63, 3.8) is 0 Å². The molecule has 2 atom stereocenters. The lowest BCUT2D eigenvalue weighted by molar-refractivity contribution is 0.0695. The van der Waals surface area contributed by atoms with E-state index in [0.717, 1.165) is 53.8 Å². The Labute approximate surface area is 216 Å². The zero-order valence-corrected chi connectivity index (χ0v) is 21.2. The van der Waals surface area contributed by atoms with Gasteiger partial charge in [-0.2, -0.15) is 5.10 Å². The van der Waals surface area contributed by atoms with Crippen molar-refractivity contribution in [3.05, 3.63) is 77.4 Å². The van der Waals surface area contributed by atoms with Crippen molar-refractivity contribution >= 4 is 5.97 Å². The van der Waals surface area contributed by atoms with Gasteiger partial charge in [0, 0.05) is 50.4 Å². The molecule has 4 aromatic rings. The molecule has 0 amide bonds. The Morgan fingerprint density at radius 3 is 2.73 bits per heavy atom. The quantitative estimate of drug-likeness (QED) is 0.352. The third-order valence-electron chi connectivity index (χ3n) is 7.93. The van der Waals surface area contributed by atoms with Gasteiger partial charge in [-0.3, -0.25) is 4.68 Å². The highest BCUT2D eigenvalue weighted by Gasteiger charge is 2.46. The topological polar surface area (TPSA) is 104 Å². The van der Waals surface area contributed by atoms with E-state index in [1.54, 1.807) is 9.36 Å². The first-order chi connectivity index (χ1) is 18.1. The molecule has 37 heavy (non-hydrogen) atoms. The van der Waals surface area contributed by atoms with E-state index >= 15 is 0 Å². The fourth-order valence-electron chi connectivity index (χ4n) is 5.93. The highest BCUT2D eigenvalue weighted by molar-refractivity contribution is 5.89. The zero-order valence-electron chi connectivity index (χ0n) is 21.2. The Kier molecular flexibility index (Phi) is 6.36. The third kappa shape index (κ3) is 4.95. The summed E-state index contributed by atoms with van der Waals surface area (Å²) in [5.74, 6) is 1.12. The number of aryl methyl sites for hydroxylation is 1. The van der Waals surface area contributed by atoms with Crippen molar-refractivity contribution in [2.24, 2.45) is 13.0 Å². The van der Waals surface area contributed by atoms with Crippen molar-refractivity contribution in [2.75, 3.05) is 0 Å². The van der Waals surface area contributed by atoms with Crippen LogP contribution >= 0.6 is 0 Å². The summed E-state index contributed by atoms with van der Waals surface area (Å²) in [4.78, 5) is 16.7. The van der Waals surface area contributed by atoms with E-state index in [1.807, 2.05) is 31.6 Å². The van der Waals surface area contributed by atoms with Gasteiger partial charge in [0.25, 0.3) is 0 Å². The molecule has 2 fully saturated rings. The normalized spacial score (nSPS) is 20.1. The molecule has 3 heterocycles. The molecule has 1 N–H and O–H groups in total. The van der Waals surface area contributed by atoms with Crippen LogP contribution in [0.3, 0.4) is 0 Å². The molecule has 9 heteroatoms.